The van der Waals surface area contributed by atoms with Crippen molar-refractivity contribution in [2.24, 2.45) is 5.92 Å². The first kappa shape index (κ1) is 13.1. The summed E-state index contributed by atoms with van der Waals surface area (Å²) in [7, 11) is 0. The van der Waals surface area contributed by atoms with Crippen LogP contribution in [0.4, 0.5) is 0 Å². The third-order valence-electron chi connectivity index (χ3n) is 4.29. The minimum atomic E-state index is -0.212. The number of hydrogen-bond acceptors (Lipinski definition) is 3. The maximum Gasteiger partial charge on any atom is 0.168 e. The van der Waals surface area contributed by atoms with E-state index in [9.17, 15) is 0 Å². The monoisotopic (exact) mass is 261 g/mol. The molecule has 1 N–H and O–H groups in total. The van der Waals surface area contributed by atoms with Crippen LogP contribution in [-0.4, -0.2) is 25.5 Å². The van der Waals surface area contributed by atoms with E-state index >= 15 is 0 Å². The Kier molecular flexibility index (Phi) is 4.16. The van der Waals surface area contributed by atoms with Gasteiger partial charge in [0.1, 0.15) is 0 Å². The van der Waals surface area contributed by atoms with Gasteiger partial charge < -0.3 is 14.8 Å². The van der Waals surface area contributed by atoms with E-state index < -0.39 is 0 Å². The lowest BCUT2D eigenvalue weighted by atomic mass is 9.85. The number of hydrogen-bond donors (Lipinski definition) is 1. The summed E-state index contributed by atoms with van der Waals surface area (Å²) in [4.78, 5) is 0. The molecule has 1 aromatic rings. The molecule has 19 heavy (non-hydrogen) atoms. The maximum atomic E-state index is 5.76. The Morgan fingerprint density at radius 1 is 1.05 bits per heavy atom. The molecule has 0 aromatic heterocycles. The van der Waals surface area contributed by atoms with Crippen LogP contribution < -0.4 is 5.32 Å². The summed E-state index contributed by atoms with van der Waals surface area (Å²) in [6.07, 6.45) is 4.54. The second-order valence-electron chi connectivity index (χ2n) is 5.67. The Morgan fingerprint density at radius 3 is 2.42 bits per heavy atom. The highest BCUT2D eigenvalue weighted by molar-refractivity contribution is 5.14. The highest BCUT2D eigenvalue weighted by Gasteiger charge is 2.39. The summed E-state index contributed by atoms with van der Waals surface area (Å²) in [6, 6.07) is 10.6. The molecule has 0 bridgehead atoms. The van der Waals surface area contributed by atoms with Crippen molar-refractivity contribution >= 4 is 0 Å². The predicted molar refractivity (Wildman–Crippen MR) is 74.7 cm³/mol. The largest absolute Gasteiger partial charge is 0.348 e. The van der Waals surface area contributed by atoms with Crippen molar-refractivity contribution in [3.63, 3.8) is 0 Å². The van der Waals surface area contributed by atoms with Crippen molar-refractivity contribution in [2.45, 2.75) is 38.0 Å². The molecule has 2 fully saturated rings. The van der Waals surface area contributed by atoms with E-state index in [1.807, 2.05) is 0 Å². The van der Waals surface area contributed by atoms with E-state index in [0.29, 0.717) is 0 Å². The van der Waals surface area contributed by atoms with Gasteiger partial charge in [0.25, 0.3) is 0 Å². The Morgan fingerprint density at radius 2 is 1.74 bits per heavy atom. The van der Waals surface area contributed by atoms with Crippen LogP contribution in [0, 0.1) is 5.92 Å². The quantitative estimate of drug-likeness (QED) is 0.904. The molecule has 3 heteroatoms. The average Bonchev–Trinajstić information content (AvgIpc) is 2.91. The molecule has 1 spiro atoms. The first-order valence-electron chi connectivity index (χ1n) is 7.39. The van der Waals surface area contributed by atoms with Crippen LogP contribution in [0.1, 0.15) is 31.2 Å². The van der Waals surface area contributed by atoms with E-state index in [0.717, 1.165) is 45.1 Å². The minimum Gasteiger partial charge on any atom is -0.348 e. The highest BCUT2D eigenvalue weighted by atomic mass is 16.7. The molecule has 1 aromatic carbocycles. The van der Waals surface area contributed by atoms with Crippen molar-refractivity contribution in [3.8, 4) is 0 Å². The van der Waals surface area contributed by atoms with Gasteiger partial charge in [0.05, 0.1) is 13.2 Å². The molecule has 1 heterocycles. The molecule has 1 saturated heterocycles. The first-order valence-corrected chi connectivity index (χ1v) is 7.39. The molecular formula is C16H23NO2. The standard InChI is InChI=1S/C16H23NO2/c1-2-4-14(5-3-1)12-17-13-15-6-8-16(9-7-15)18-10-11-19-16/h1-5,15,17H,6-13H2. The van der Waals surface area contributed by atoms with Crippen molar-refractivity contribution in [1.82, 2.24) is 5.32 Å². The van der Waals surface area contributed by atoms with Crippen LogP contribution in [0.5, 0.6) is 0 Å². The Bertz CT molecular complexity index is 377. The van der Waals surface area contributed by atoms with Crippen LogP contribution in [0.15, 0.2) is 30.3 Å². The van der Waals surface area contributed by atoms with E-state index in [2.05, 4.69) is 35.6 Å². The fraction of sp³-hybridized carbons (Fsp3) is 0.625. The van der Waals surface area contributed by atoms with Crippen LogP contribution in [0.2, 0.25) is 0 Å². The van der Waals surface area contributed by atoms with Gasteiger partial charge in [-0.15, -0.1) is 0 Å². The molecule has 1 aliphatic heterocycles. The first-order chi connectivity index (χ1) is 9.36. The summed E-state index contributed by atoms with van der Waals surface area (Å²) in [5.74, 6) is 0.553. The fourth-order valence-electron chi connectivity index (χ4n) is 3.12. The lowest BCUT2D eigenvalue weighted by Gasteiger charge is -2.35. The molecule has 0 amide bonds. The van der Waals surface area contributed by atoms with Gasteiger partial charge in [0, 0.05) is 19.4 Å². The van der Waals surface area contributed by atoms with E-state index in [4.69, 9.17) is 9.47 Å². The lowest BCUT2D eigenvalue weighted by Crippen LogP contribution is -2.37. The summed E-state index contributed by atoms with van der Waals surface area (Å²) >= 11 is 0. The zero-order valence-corrected chi connectivity index (χ0v) is 11.4. The van der Waals surface area contributed by atoms with Gasteiger partial charge in [0.2, 0.25) is 0 Å². The fourth-order valence-corrected chi connectivity index (χ4v) is 3.12. The summed E-state index contributed by atoms with van der Waals surface area (Å²) in [5, 5.41) is 3.57. The van der Waals surface area contributed by atoms with Crippen molar-refractivity contribution in [1.29, 1.82) is 0 Å². The summed E-state index contributed by atoms with van der Waals surface area (Å²) in [6.45, 7) is 3.62. The highest BCUT2D eigenvalue weighted by Crippen LogP contribution is 2.37. The molecule has 1 saturated carbocycles. The molecule has 0 atom stereocenters. The molecule has 1 aliphatic carbocycles. The molecule has 0 radical (unpaired) electrons. The topological polar surface area (TPSA) is 30.5 Å². The zero-order chi connectivity index (χ0) is 13.0. The maximum absolute atomic E-state index is 5.76. The van der Waals surface area contributed by atoms with Gasteiger partial charge in [-0.25, -0.2) is 0 Å². The zero-order valence-electron chi connectivity index (χ0n) is 11.4. The van der Waals surface area contributed by atoms with Crippen molar-refractivity contribution in [3.05, 3.63) is 35.9 Å². The number of ether oxygens (including phenoxy) is 2. The Labute approximate surface area is 115 Å². The molecule has 104 valence electrons. The average molecular weight is 261 g/mol. The smallest absolute Gasteiger partial charge is 0.168 e. The minimum absolute atomic E-state index is 0.212. The predicted octanol–water partition coefficient (Wildman–Crippen LogP) is 2.71. The summed E-state index contributed by atoms with van der Waals surface area (Å²) in [5.41, 5.74) is 1.36. The third-order valence-corrected chi connectivity index (χ3v) is 4.29. The van der Waals surface area contributed by atoms with Crippen molar-refractivity contribution < 1.29 is 9.47 Å². The second-order valence-corrected chi connectivity index (χ2v) is 5.67. The van der Waals surface area contributed by atoms with Crippen LogP contribution in [0.3, 0.4) is 0 Å². The van der Waals surface area contributed by atoms with Crippen LogP contribution in [0.25, 0.3) is 0 Å². The van der Waals surface area contributed by atoms with Gasteiger partial charge in [-0.2, -0.15) is 0 Å². The molecule has 0 unspecified atom stereocenters. The van der Waals surface area contributed by atoms with Crippen LogP contribution in [-0.2, 0) is 16.0 Å². The van der Waals surface area contributed by atoms with Gasteiger partial charge >= 0.3 is 0 Å². The molecular weight excluding hydrogens is 238 g/mol. The van der Waals surface area contributed by atoms with Gasteiger partial charge in [0.15, 0.2) is 5.79 Å². The Hall–Kier alpha value is -0.900. The van der Waals surface area contributed by atoms with Gasteiger partial charge in [-0.05, 0) is 30.9 Å². The Balaban J connectivity index is 1.38. The molecule has 3 nitrogen and oxygen atoms in total. The second kappa shape index (κ2) is 6.04. The number of benzene rings is 1. The van der Waals surface area contributed by atoms with Gasteiger partial charge in [-0.3, -0.25) is 0 Å². The SMILES string of the molecule is c1ccc(CNCC2CCC3(CC2)OCCO3)cc1. The van der Waals surface area contributed by atoms with Crippen molar-refractivity contribution in [2.75, 3.05) is 19.8 Å². The normalized spacial score (nSPS) is 22.9. The lowest BCUT2D eigenvalue weighted by molar-refractivity contribution is -0.182. The van der Waals surface area contributed by atoms with E-state index in [-0.39, 0.29) is 5.79 Å². The van der Waals surface area contributed by atoms with Crippen LogP contribution >= 0.6 is 0 Å². The number of nitrogens with one attached hydrogen (secondary N) is 1. The van der Waals surface area contributed by atoms with E-state index in [1.165, 1.54) is 18.4 Å². The number of rotatable bonds is 4. The summed E-state index contributed by atoms with van der Waals surface area (Å²) < 4.78 is 11.5. The van der Waals surface area contributed by atoms with Gasteiger partial charge in [-0.1, -0.05) is 30.3 Å². The molecule has 2 aliphatic rings. The molecule has 3 rings (SSSR count). The van der Waals surface area contributed by atoms with E-state index in [1.54, 1.807) is 0 Å². The third kappa shape index (κ3) is 3.35.